The maximum absolute atomic E-state index is 10.5. The molecule has 2 N–H and O–H groups in total. The number of carboxylic acids is 1. The van der Waals surface area contributed by atoms with Crippen molar-refractivity contribution in [3.63, 3.8) is 0 Å². The molecule has 0 aliphatic heterocycles. The van der Waals surface area contributed by atoms with E-state index in [4.69, 9.17) is 28.3 Å². The Kier molecular flexibility index (Phi) is 3.69. The number of halogens is 2. The molecule has 0 saturated carbocycles. The number of aliphatic hydroxyl groups is 1. The summed E-state index contributed by atoms with van der Waals surface area (Å²) in [5, 5.41) is 27.9. The lowest BCUT2D eigenvalue weighted by Gasteiger charge is -2.08. The van der Waals surface area contributed by atoms with Crippen LogP contribution in [0.5, 0.6) is 0 Å². The van der Waals surface area contributed by atoms with Gasteiger partial charge >= 0.3 is 5.97 Å². The lowest BCUT2D eigenvalue weighted by atomic mass is 10.1. The van der Waals surface area contributed by atoms with E-state index >= 15 is 0 Å². The number of nitrogens with zero attached hydrogens (tertiary/aromatic N) is 1. The molecule has 0 aliphatic rings. The molecule has 0 fully saturated rings. The highest BCUT2D eigenvalue weighted by atomic mass is 35.5. The van der Waals surface area contributed by atoms with Crippen LogP contribution in [0.25, 0.3) is 0 Å². The van der Waals surface area contributed by atoms with Crippen molar-refractivity contribution >= 4 is 34.9 Å². The standard InChI is InChI=1S/C8H5Cl2NO5/c9-4-2-5(10)6(11(15)16)1-3(4)7(12)8(13)14/h1-2,7,12H,(H,13,14). The molecular weight excluding hydrogens is 261 g/mol. The van der Waals surface area contributed by atoms with Crippen molar-refractivity contribution in [2.75, 3.05) is 0 Å². The Morgan fingerprint density at radius 1 is 1.38 bits per heavy atom. The second kappa shape index (κ2) is 4.65. The molecule has 8 heteroatoms. The van der Waals surface area contributed by atoms with Gasteiger partial charge in [-0.25, -0.2) is 4.79 Å². The van der Waals surface area contributed by atoms with Crippen LogP contribution in [-0.2, 0) is 4.79 Å². The summed E-state index contributed by atoms with van der Waals surface area (Å²) in [6.07, 6.45) is -1.93. The van der Waals surface area contributed by atoms with Crippen LogP contribution in [-0.4, -0.2) is 21.1 Å². The third-order valence-electron chi connectivity index (χ3n) is 1.79. The van der Waals surface area contributed by atoms with Crippen LogP contribution in [0.15, 0.2) is 12.1 Å². The summed E-state index contributed by atoms with van der Waals surface area (Å²) in [6.45, 7) is 0. The van der Waals surface area contributed by atoms with Crippen LogP contribution in [0.2, 0.25) is 10.0 Å². The number of nitro groups is 1. The summed E-state index contributed by atoms with van der Waals surface area (Å²) in [6, 6.07) is 1.85. The molecule has 6 nitrogen and oxygen atoms in total. The molecule has 86 valence electrons. The largest absolute Gasteiger partial charge is 0.479 e. The van der Waals surface area contributed by atoms with E-state index in [9.17, 15) is 20.0 Å². The molecule has 0 radical (unpaired) electrons. The van der Waals surface area contributed by atoms with Crippen molar-refractivity contribution in [2.24, 2.45) is 0 Å². The SMILES string of the molecule is O=C(O)C(O)c1cc([N+](=O)[O-])c(Cl)cc1Cl. The topological polar surface area (TPSA) is 101 Å². The molecule has 0 heterocycles. The number of nitro benzene ring substituents is 1. The summed E-state index contributed by atoms with van der Waals surface area (Å²) in [7, 11) is 0. The second-order valence-electron chi connectivity index (χ2n) is 2.82. The monoisotopic (exact) mass is 265 g/mol. The normalized spacial score (nSPS) is 12.2. The van der Waals surface area contributed by atoms with E-state index in [1.807, 2.05) is 0 Å². The fourth-order valence-corrected chi connectivity index (χ4v) is 1.59. The molecule has 0 aliphatic carbocycles. The number of carboxylic acid groups (broad SMARTS) is 1. The van der Waals surface area contributed by atoms with Crippen molar-refractivity contribution in [3.05, 3.63) is 37.9 Å². The van der Waals surface area contributed by atoms with Crippen LogP contribution in [0.1, 0.15) is 11.7 Å². The zero-order valence-electron chi connectivity index (χ0n) is 7.55. The first kappa shape index (κ1) is 12.7. The zero-order valence-corrected chi connectivity index (χ0v) is 9.07. The van der Waals surface area contributed by atoms with Gasteiger partial charge in [-0.05, 0) is 6.07 Å². The fraction of sp³-hybridized carbons (Fsp3) is 0.125. The molecule has 1 atom stereocenters. The third-order valence-corrected chi connectivity index (χ3v) is 2.42. The smallest absolute Gasteiger partial charge is 0.337 e. The highest BCUT2D eigenvalue weighted by Gasteiger charge is 2.24. The summed E-state index contributed by atoms with van der Waals surface area (Å²) in [4.78, 5) is 20.2. The lowest BCUT2D eigenvalue weighted by molar-refractivity contribution is -0.384. The average molecular weight is 266 g/mol. The van der Waals surface area contributed by atoms with E-state index in [-0.39, 0.29) is 15.6 Å². The fourth-order valence-electron chi connectivity index (χ4n) is 1.04. The Hall–Kier alpha value is -1.37. The van der Waals surface area contributed by atoms with Gasteiger partial charge in [0.05, 0.1) is 4.92 Å². The van der Waals surface area contributed by atoms with Crippen LogP contribution in [0, 0.1) is 10.1 Å². The number of hydrogen-bond acceptors (Lipinski definition) is 4. The first-order valence-electron chi connectivity index (χ1n) is 3.88. The number of rotatable bonds is 3. The highest BCUT2D eigenvalue weighted by molar-refractivity contribution is 6.36. The van der Waals surface area contributed by atoms with Gasteiger partial charge in [0, 0.05) is 16.7 Å². The molecule has 16 heavy (non-hydrogen) atoms. The summed E-state index contributed by atoms with van der Waals surface area (Å²) < 4.78 is 0. The molecule has 1 aromatic carbocycles. The zero-order chi connectivity index (χ0) is 12.5. The first-order chi connectivity index (χ1) is 7.34. The Labute approximate surface area is 99.2 Å². The predicted octanol–water partition coefficient (Wildman–Crippen LogP) is 2.02. The maximum Gasteiger partial charge on any atom is 0.337 e. The van der Waals surface area contributed by atoms with Crippen LogP contribution >= 0.6 is 23.2 Å². The predicted molar refractivity (Wildman–Crippen MR) is 55.7 cm³/mol. The number of aliphatic hydroxyl groups excluding tert-OH is 1. The summed E-state index contributed by atoms with van der Waals surface area (Å²) >= 11 is 11.1. The Morgan fingerprint density at radius 3 is 2.38 bits per heavy atom. The Balaban J connectivity index is 3.35. The van der Waals surface area contributed by atoms with Crippen molar-refractivity contribution < 1.29 is 19.9 Å². The van der Waals surface area contributed by atoms with E-state index in [1.54, 1.807) is 0 Å². The maximum atomic E-state index is 10.5. The molecule has 1 aromatic rings. The van der Waals surface area contributed by atoms with Gasteiger partial charge < -0.3 is 10.2 Å². The van der Waals surface area contributed by atoms with Crippen LogP contribution in [0.3, 0.4) is 0 Å². The van der Waals surface area contributed by atoms with Gasteiger partial charge in [0.1, 0.15) is 5.02 Å². The van der Waals surface area contributed by atoms with Crippen molar-refractivity contribution in [2.45, 2.75) is 6.10 Å². The minimum atomic E-state index is -1.93. The molecule has 0 spiro atoms. The van der Waals surface area contributed by atoms with Gasteiger partial charge in [0.25, 0.3) is 5.69 Å². The van der Waals surface area contributed by atoms with Gasteiger partial charge in [-0.3, -0.25) is 10.1 Å². The van der Waals surface area contributed by atoms with E-state index < -0.39 is 22.7 Å². The van der Waals surface area contributed by atoms with Gasteiger partial charge in [-0.1, -0.05) is 23.2 Å². The van der Waals surface area contributed by atoms with E-state index in [2.05, 4.69) is 0 Å². The second-order valence-corrected chi connectivity index (χ2v) is 3.64. The number of hydrogen-bond donors (Lipinski definition) is 2. The van der Waals surface area contributed by atoms with E-state index in [0.717, 1.165) is 12.1 Å². The number of carbonyl (C=O) groups is 1. The molecule has 0 saturated heterocycles. The highest BCUT2D eigenvalue weighted by Crippen LogP contribution is 2.33. The van der Waals surface area contributed by atoms with Gasteiger partial charge in [0.15, 0.2) is 6.10 Å². The average Bonchev–Trinajstić information content (AvgIpc) is 2.16. The first-order valence-corrected chi connectivity index (χ1v) is 4.64. The minimum Gasteiger partial charge on any atom is -0.479 e. The van der Waals surface area contributed by atoms with Gasteiger partial charge in [0.2, 0.25) is 0 Å². The van der Waals surface area contributed by atoms with Crippen molar-refractivity contribution in [1.29, 1.82) is 0 Å². The van der Waals surface area contributed by atoms with Crippen LogP contribution in [0.4, 0.5) is 5.69 Å². The van der Waals surface area contributed by atoms with Gasteiger partial charge in [-0.15, -0.1) is 0 Å². The van der Waals surface area contributed by atoms with Crippen molar-refractivity contribution in [1.82, 2.24) is 0 Å². The minimum absolute atomic E-state index is 0.148. The molecule has 0 aromatic heterocycles. The number of benzene rings is 1. The van der Waals surface area contributed by atoms with Crippen molar-refractivity contribution in [3.8, 4) is 0 Å². The molecule has 1 rings (SSSR count). The van der Waals surface area contributed by atoms with E-state index in [1.165, 1.54) is 0 Å². The molecule has 1 unspecified atom stereocenters. The third kappa shape index (κ3) is 2.41. The molecule has 0 amide bonds. The van der Waals surface area contributed by atoms with Crippen LogP contribution < -0.4 is 0 Å². The lowest BCUT2D eigenvalue weighted by Crippen LogP contribution is -2.11. The molecule has 0 bridgehead atoms. The quantitative estimate of drug-likeness (QED) is 0.643. The summed E-state index contributed by atoms with van der Waals surface area (Å²) in [5.41, 5.74) is -0.786. The molecular formula is C8H5Cl2NO5. The summed E-state index contributed by atoms with van der Waals surface area (Å²) in [5.74, 6) is -1.56. The van der Waals surface area contributed by atoms with E-state index in [0.29, 0.717) is 0 Å². The number of aliphatic carboxylic acids is 1. The Bertz CT molecular complexity index is 462. The van der Waals surface area contributed by atoms with Gasteiger partial charge in [-0.2, -0.15) is 0 Å². The Morgan fingerprint density at radius 2 is 1.94 bits per heavy atom.